The summed E-state index contributed by atoms with van der Waals surface area (Å²) in [5.41, 5.74) is 6.49. The fourth-order valence-corrected chi connectivity index (χ4v) is 9.23. The molecular weight excluding hydrogens is 909 g/mol. The molecule has 14 heteroatoms. The van der Waals surface area contributed by atoms with E-state index in [4.69, 9.17) is 18.9 Å². The van der Waals surface area contributed by atoms with E-state index in [2.05, 4.69) is 13.8 Å². The molecule has 6 N–H and O–H groups in total. The van der Waals surface area contributed by atoms with Gasteiger partial charge in [-0.25, -0.2) is 17.6 Å². The van der Waals surface area contributed by atoms with E-state index in [9.17, 15) is 48.2 Å². The van der Waals surface area contributed by atoms with Gasteiger partial charge in [-0.05, 0) is 106 Å². The first-order valence-corrected chi connectivity index (χ1v) is 23.3. The zero-order chi connectivity index (χ0) is 50.2. The Kier molecular flexibility index (Phi) is 17.8. The van der Waals surface area contributed by atoms with E-state index in [1.807, 2.05) is 73.7 Å². The molecule has 2 aliphatic rings. The molecule has 70 heavy (non-hydrogen) atoms. The topological polar surface area (TPSA) is 158 Å². The van der Waals surface area contributed by atoms with Crippen LogP contribution in [0.4, 0.5) is 17.6 Å². The Bertz CT molecular complexity index is 2600. The molecule has 0 spiro atoms. The van der Waals surface area contributed by atoms with Gasteiger partial charge in [0.2, 0.25) is 0 Å². The van der Waals surface area contributed by atoms with Gasteiger partial charge in [-0.3, -0.25) is 0 Å². The number of halogens is 4. The van der Waals surface area contributed by atoms with E-state index in [0.29, 0.717) is 58.8 Å². The molecule has 2 fully saturated rings. The van der Waals surface area contributed by atoms with Crippen LogP contribution in [0.15, 0.2) is 133 Å². The minimum Gasteiger partial charge on any atom is -0.394 e. The van der Waals surface area contributed by atoms with E-state index in [0.717, 1.165) is 28.8 Å². The molecule has 6 aromatic carbocycles. The Hall–Kier alpha value is -5.36. The normalized spacial score (nSPS) is 25.4. The van der Waals surface area contributed by atoms with Crippen molar-refractivity contribution in [2.45, 2.75) is 102 Å². The molecule has 0 aromatic heterocycles. The van der Waals surface area contributed by atoms with Crippen LogP contribution >= 0.6 is 0 Å². The smallest absolute Gasteiger partial charge is 0.126 e. The summed E-state index contributed by atoms with van der Waals surface area (Å²) in [5.74, 6) is -2.50. The van der Waals surface area contributed by atoms with E-state index in [1.165, 1.54) is 30.3 Å². The molecule has 8 rings (SSSR count). The molecule has 0 saturated carbocycles. The van der Waals surface area contributed by atoms with Crippen molar-refractivity contribution in [3.63, 3.8) is 0 Å². The number of rotatable bonds is 14. The van der Waals surface area contributed by atoms with Gasteiger partial charge >= 0.3 is 0 Å². The minimum absolute atomic E-state index is 0.0716. The maximum absolute atomic E-state index is 13.9. The molecule has 0 radical (unpaired) electrons. The van der Waals surface area contributed by atoms with Gasteiger partial charge in [0.25, 0.3) is 0 Å². The lowest BCUT2D eigenvalue weighted by Crippen LogP contribution is -2.59. The third kappa shape index (κ3) is 12.6. The maximum Gasteiger partial charge on any atom is 0.126 e. The molecule has 0 amide bonds. The number of hydrogen-bond donors (Lipinski definition) is 6. The third-order valence-electron chi connectivity index (χ3n) is 13.4. The molecule has 0 bridgehead atoms. The summed E-state index contributed by atoms with van der Waals surface area (Å²) in [4.78, 5) is 0. The average Bonchev–Trinajstić information content (AvgIpc) is 3.34. The summed E-state index contributed by atoms with van der Waals surface area (Å²) in [6.07, 6.45) is -10.7. The summed E-state index contributed by atoms with van der Waals surface area (Å²) in [7, 11) is 0. The van der Waals surface area contributed by atoms with Crippen LogP contribution in [-0.2, 0) is 32.2 Å². The standard InChI is InChI=1S/C36H38F2O4.C20H22F2O6/c1-23-16-28(29-17-30(37)19-31(38)18-29)14-15-32(23)34(39)36-35(41-21-27-12-8-5-9-13-27)25(3)24(2)33(42-36)22-40-20-26-10-6-4-7-11-26;1-9-4-10(11-5-12(21)7-13(22)6-11)2-3-14(9)16(24)20-19(27)18(26)17(25)15(8-23)28-20/h4-19,24-25,33-36,39H,20-22H2,1-3H3;2-7,15-20,23-27H,8H2,1H3/t24-,25-,33?,34+,35?,36+;15?,16-,17-,18+,19?,20-/m01/s1. The Morgan fingerprint density at radius 1 is 0.514 bits per heavy atom. The second kappa shape index (κ2) is 23.7. The van der Waals surface area contributed by atoms with Crippen LogP contribution in [0.3, 0.4) is 0 Å². The van der Waals surface area contributed by atoms with Crippen molar-refractivity contribution in [2.24, 2.45) is 11.8 Å². The molecule has 2 saturated heterocycles. The van der Waals surface area contributed by atoms with Gasteiger partial charge in [-0.1, -0.05) is 111 Å². The first-order chi connectivity index (χ1) is 33.5. The van der Waals surface area contributed by atoms with Crippen molar-refractivity contribution in [3.05, 3.63) is 190 Å². The highest BCUT2D eigenvalue weighted by atomic mass is 19.1. The monoisotopic (exact) mass is 968 g/mol. The maximum atomic E-state index is 13.9. The van der Waals surface area contributed by atoms with Gasteiger partial charge < -0.3 is 49.6 Å². The Morgan fingerprint density at radius 2 is 0.971 bits per heavy atom. The third-order valence-corrected chi connectivity index (χ3v) is 13.4. The first-order valence-electron chi connectivity index (χ1n) is 23.3. The van der Waals surface area contributed by atoms with Crippen LogP contribution in [-0.4, -0.2) is 92.7 Å². The van der Waals surface area contributed by atoms with Gasteiger partial charge in [0.05, 0.1) is 38.6 Å². The predicted octanol–water partition coefficient (Wildman–Crippen LogP) is 8.63. The van der Waals surface area contributed by atoms with Gasteiger partial charge in [-0.2, -0.15) is 0 Å². The fourth-order valence-electron chi connectivity index (χ4n) is 9.23. The molecule has 0 aliphatic carbocycles. The molecule has 2 heterocycles. The highest BCUT2D eigenvalue weighted by molar-refractivity contribution is 5.66. The number of hydrogen-bond acceptors (Lipinski definition) is 10. The van der Waals surface area contributed by atoms with E-state index in [1.54, 1.807) is 31.2 Å². The van der Waals surface area contributed by atoms with Crippen LogP contribution in [0.25, 0.3) is 22.3 Å². The van der Waals surface area contributed by atoms with E-state index < -0.39 is 78.7 Å². The summed E-state index contributed by atoms with van der Waals surface area (Å²) in [5, 5.41) is 61.7. The van der Waals surface area contributed by atoms with Crippen LogP contribution in [0.2, 0.25) is 0 Å². The zero-order valence-corrected chi connectivity index (χ0v) is 39.3. The molecule has 372 valence electrons. The number of aryl methyl sites for hydroxylation is 2. The average molecular weight is 969 g/mol. The van der Waals surface area contributed by atoms with Crippen molar-refractivity contribution >= 4 is 0 Å². The predicted molar refractivity (Wildman–Crippen MR) is 255 cm³/mol. The Morgan fingerprint density at radius 3 is 1.44 bits per heavy atom. The largest absolute Gasteiger partial charge is 0.394 e. The fraction of sp³-hybridized carbons (Fsp3) is 0.357. The molecule has 2 aliphatic heterocycles. The second-order valence-electron chi connectivity index (χ2n) is 18.3. The molecule has 12 atom stereocenters. The number of aliphatic hydroxyl groups excluding tert-OH is 6. The minimum atomic E-state index is -1.60. The SMILES string of the molecule is Cc1cc(-c2cc(F)cc(F)c2)ccc1[C@@H](O)[C@H]1OC(CO)[C@@H](O)[C@H](O)C1O.Cc1cc(-c2cc(F)cc(F)c2)ccc1[C@@H](O)[C@H]1OC(COCc2ccccc2)[C@@H](C)[C@H](C)C1OCc1ccccc1. The van der Waals surface area contributed by atoms with Crippen molar-refractivity contribution in [1.82, 2.24) is 0 Å². The first kappa shape index (κ1) is 52.5. The second-order valence-corrected chi connectivity index (χ2v) is 18.3. The van der Waals surface area contributed by atoms with E-state index in [-0.39, 0.29) is 24.0 Å². The van der Waals surface area contributed by atoms with Gasteiger partial charge in [0.15, 0.2) is 0 Å². The lowest BCUT2D eigenvalue weighted by molar-refractivity contribution is -0.250. The summed E-state index contributed by atoms with van der Waals surface area (Å²) < 4.78 is 79.2. The summed E-state index contributed by atoms with van der Waals surface area (Å²) >= 11 is 0. The van der Waals surface area contributed by atoms with Crippen LogP contribution in [0.1, 0.15) is 59.4 Å². The highest BCUT2D eigenvalue weighted by Gasteiger charge is 2.47. The zero-order valence-electron chi connectivity index (χ0n) is 39.3. The van der Waals surface area contributed by atoms with Crippen molar-refractivity contribution in [3.8, 4) is 22.3 Å². The highest BCUT2D eigenvalue weighted by Crippen LogP contribution is 2.40. The number of aliphatic hydroxyl groups is 6. The van der Waals surface area contributed by atoms with Gasteiger partial charge in [0, 0.05) is 12.1 Å². The van der Waals surface area contributed by atoms with Crippen LogP contribution < -0.4 is 0 Å². The van der Waals surface area contributed by atoms with Crippen LogP contribution in [0.5, 0.6) is 0 Å². The molecule has 4 unspecified atom stereocenters. The summed E-state index contributed by atoms with van der Waals surface area (Å²) in [6.45, 7) is 8.49. The number of ether oxygens (including phenoxy) is 4. The van der Waals surface area contributed by atoms with Gasteiger partial charge in [0.1, 0.15) is 72.1 Å². The Labute approximate surface area is 405 Å². The van der Waals surface area contributed by atoms with E-state index >= 15 is 0 Å². The molecule has 6 aromatic rings. The van der Waals surface area contributed by atoms with Crippen molar-refractivity contribution < 1.29 is 67.1 Å². The van der Waals surface area contributed by atoms with Crippen molar-refractivity contribution in [1.29, 1.82) is 0 Å². The lowest BCUT2D eigenvalue weighted by Gasteiger charge is -2.46. The summed E-state index contributed by atoms with van der Waals surface area (Å²) in [6, 6.07) is 36.7. The lowest BCUT2D eigenvalue weighted by atomic mass is 9.78. The molecule has 10 nitrogen and oxygen atoms in total. The van der Waals surface area contributed by atoms with Gasteiger partial charge in [-0.15, -0.1) is 0 Å². The quantitative estimate of drug-likeness (QED) is 0.0584. The Balaban J connectivity index is 0.000000224. The van der Waals surface area contributed by atoms with Crippen LogP contribution in [0, 0.1) is 49.0 Å². The molecular formula is C56H60F4O10. The number of benzene rings is 6. The van der Waals surface area contributed by atoms with Crippen molar-refractivity contribution in [2.75, 3.05) is 13.2 Å².